The van der Waals surface area contributed by atoms with Crippen molar-refractivity contribution >= 4 is 11.8 Å². The topological polar surface area (TPSA) is 85.1 Å². The summed E-state index contributed by atoms with van der Waals surface area (Å²) in [6, 6.07) is 4.58. The first-order chi connectivity index (χ1) is 12.2. The summed E-state index contributed by atoms with van der Waals surface area (Å²) in [5.41, 5.74) is 6.27. The number of hydrogen-bond donors (Lipinski definition) is 1. The zero-order valence-electron chi connectivity index (χ0n) is 16.2. The van der Waals surface area contributed by atoms with E-state index in [0.29, 0.717) is 43.2 Å². The van der Waals surface area contributed by atoms with Gasteiger partial charge in [0.25, 0.3) is 5.91 Å². The van der Waals surface area contributed by atoms with Crippen molar-refractivity contribution in [2.24, 2.45) is 11.1 Å². The molecule has 0 saturated carbocycles. The lowest BCUT2D eigenvalue weighted by molar-refractivity contribution is -0.136. The van der Waals surface area contributed by atoms with Crippen LogP contribution < -0.4 is 15.2 Å². The first-order valence-corrected chi connectivity index (χ1v) is 8.74. The summed E-state index contributed by atoms with van der Waals surface area (Å²) in [4.78, 5) is 28.8. The standard InChI is InChI=1S/C19H29N3O4/c1-19(2,3)16(20)18(24)22-10-8-21(9-11-22)17(23)14-7-6-13(25-4)12-15(14)26-5/h6-7,12,16H,8-11,20H2,1-5H3/t16-/m1/s1. The Morgan fingerprint density at radius 3 is 2.12 bits per heavy atom. The summed E-state index contributed by atoms with van der Waals surface area (Å²) in [6.07, 6.45) is 0. The minimum Gasteiger partial charge on any atom is -0.497 e. The van der Waals surface area contributed by atoms with Gasteiger partial charge in [0.1, 0.15) is 11.5 Å². The smallest absolute Gasteiger partial charge is 0.257 e. The molecule has 0 spiro atoms. The molecule has 7 nitrogen and oxygen atoms in total. The number of rotatable bonds is 4. The number of methoxy groups -OCH3 is 2. The third-order valence-corrected chi connectivity index (χ3v) is 4.72. The van der Waals surface area contributed by atoms with E-state index in [-0.39, 0.29) is 17.2 Å². The molecule has 1 aromatic rings. The number of benzene rings is 1. The van der Waals surface area contributed by atoms with Crippen LogP contribution in [0, 0.1) is 5.41 Å². The number of hydrogen-bond acceptors (Lipinski definition) is 5. The molecule has 26 heavy (non-hydrogen) atoms. The zero-order chi connectivity index (χ0) is 19.5. The average Bonchev–Trinajstić information content (AvgIpc) is 2.65. The molecule has 1 fully saturated rings. The number of carbonyl (C=O) groups is 2. The third-order valence-electron chi connectivity index (χ3n) is 4.72. The van der Waals surface area contributed by atoms with Gasteiger partial charge in [-0.15, -0.1) is 0 Å². The van der Waals surface area contributed by atoms with Gasteiger partial charge in [-0.05, 0) is 17.5 Å². The maximum Gasteiger partial charge on any atom is 0.257 e. The Labute approximate surface area is 155 Å². The van der Waals surface area contributed by atoms with Crippen LogP contribution in [0.1, 0.15) is 31.1 Å². The van der Waals surface area contributed by atoms with Crippen LogP contribution in [0.3, 0.4) is 0 Å². The maximum atomic E-state index is 12.8. The Hall–Kier alpha value is -2.28. The van der Waals surface area contributed by atoms with Gasteiger partial charge in [0, 0.05) is 32.2 Å². The van der Waals surface area contributed by atoms with Gasteiger partial charge in [0.05, 0.1) is 25.8 Å². The minimum absolute atomic E-state index is 0.0633. The van der Waals surface area contributed by atoms with E-state index < -0.39 is 6.04 Å². The summed E-state index contributed by atoms with van der Waals surface area (Å²) in [6.45, 7) is 7.74. The number of amides is 2. The summed E-state index contributed by atoms with van der Waals surface area (Å²) in [5.74, 6) is 0.927. The van der Waals surface area contributed by atoms with Crippen molar-refractivity contribution in [2.75, 3.05) is 40.4 Å². The second-order valence-corrected chi connectivity index (χ2v) is 7.53. The molecule has 7 heteroatoms. The molecule has 144 valence electrons. The zero-order valence-corrected chi connectivity index (χ0v) is 16.2. The molecule has 2 N–H and O–H groups in total. The molecular formula is C19H29N3O4. The largest absolute Gasteiger partial charge is 0.497 e. The summed E-state index contributed by atoms with van der Waals surface area (Å²) < 4.78 is 10.5. The van der Waals surface area contributed by atoms with Crippen LogP contribution in [0.15, 0.2) is 18.2 Å². The fraction of sp³-hybridized carbons (Fsp3) is 0.579. The second kappa shape index (κ2) is 7.95. The van der Waals surface area contributed by atoms with Crippen molar-refractivity contribution in [3.63, 3.8) is 0 Å². The van der Waals surface area contributed by atoms with Crippen LogP contribution in [0.2, 0.25) is 0 Å². The molecule has 1 saturated heterocycles. The molecular weight excluding hydrogens is 334 g/mol. The normalized spacial score (nSPS) is 16.2. The fourth-order valence-electron chi connectivity index (χ4n) is 2.84. The van der Waals surface area contributed by atoms with E-state index in [4.69, 9.17) is 15.2 Å². The number of nitrogens with two attached hydrogens (primary N) is 1. The highest BCUT2D eigenvalue weighted by Crippen LogP contribution is 2.26. The molecule has 0 unspecified atom stereocenters. The molecule has 1 heterocycles. The van der Waals surface area contributed by atoms with Crippen molar-refractivity contribution < 1.29 is 19.1 Å². The maximum absolute atomic E-state index is 12.8. The van der Waals surface area contributed by atoms with Crippen molar-refractivity contribution in [2.45, 2.75) is 26.8 Å². The van der Waals surface area contributed by atoms with Crippen molar-refractivity contribution in [3.05, 3.63) is 23.8 Å². The van der Waals surface area contributed by atoms with Crippen LogP contribution in [0.25, 0.3) is 0 Å². The number of carbonyl (C=O) groups excluding carboxylic acids is 2. The highest BCUT2D eigenvalue weighted by Gasteiger charge is 2.33. The molecule has 0 aromatic heterocycles. The Bertz CT molecular complexity index is 661. The molecule has 2 rings (SSSR count). The van der Waals surface area contributed by atoms with E-state index in [9.17, 15) is 9.59 Å². The van der Waals surface area contributed by atoms with Crippen LogP contribution in [-0.2, 0) is 4.79 Å². The van der Waals surface area contributed by atoms with Gasteiger partial charge in [-0.1, -0.05) is 20.8 Å². The quantitative estimate of drug-likeness (QED) is 0.873. The summed E-state index contributed by atoms with van der Waals surface area (Å²) >= 11 is 0. The van der Waals surface area contributed by atoms with Gasteiger partial charge in [-0.2, -0.15) is 0 Å². The van der Waals surface area contributed by atoms with Crippen LogP contribution in [0.5, 0.6) is 11.5 Å². The lowest BCUT2D eigenvalue weighted by Crippen LogP contribution is -2.57. The fourth-order valence-corrected chi connectivity index (χ4v) is 2.84. The summed E-state index contributed by atoms with van der Waals surface area (Å²) in [5, 5.41) is 0. The van der Waals surface area contributed by atoms with Crippen LogP contribution in [-0.4, -0.2) is 68.1 Å². The molecule has 0 bridgehead atoms. The Kier molecular flexibility index (Phi) is 6.13. The minimum atomic E-state index is -0.550. The number of piperazine rings is 1. The van der Waals surface area contributed by atoms with Gasteiger partial charge in [0.15, 0.2) is 0 Å². The van der Waals surface area contributed by atoms with Crippen molar-refractivity contribution in [1.82, 2.24) is 9.80 Å². The highest BCUT2D eigenvalue weighted by atomic mass is 16.5. The van der Waals surface area contributed by atoms with E-state index in [1.165, 1.54) is 7.11 Å². The van der Waals surface area contributed by atoms with Crippen LogP contribution in [0.4, 0.5) is 0 Å². The molecule has 1 aliphatic rings. The molecule has 0 radical (unpaired) electrons. The van der Waals surface area contributed by atoms with Crippen molar-refractivity contribution in [1.29, 1.82) is 0 Å². The van der Waals surface area contributed by atoms with E-state index in [0.717, 1.165) is 0 Å². The third kappa shape index (κ3) is 4.27. The van der Waals surface area contributed by atoms with Crippen LogP contribution >= 0.6 is 0 Å². The molecule has 1 aromatic carbocycles. The lowest BCUT2D eigenvalue weighted by atomic mass is 9.86. The Morgan fingerprint density at radius 2 is 1.62 bits per heavy atom. The van der Waals surface area contributed by atoms with Gasteiger partial charge in [-0.25, -0.2) is 0 Å². The predicted octanol–water partition coefficient (Wildman–Crippen LogP) is 1.36. The number of nitrogens with zero attached hydrogens (tertiary/aromatic N) is 2. The number of ether oxygens (including phenoxy) is 2. The van der Waals surface area contributed by atoms with Gasteiger partial charge < -0.3 is 25.0 Å². The Balaban J connectivity index is 2.04. The molecule has 1 aliphatic heterocycles. The molecule has 0 aliphatic carbocycles. The highest BCUT2D eigenvalue weighted by molar-refractivity contribution is 5.97. The van der Waals surface area contributed by atoms with E-state index in [2.05, 4.69) is 0 Å². The average molecular weight is 363 g/mol. The van der Waals surface area contributed by atoms with E-state index >= 15 is 0 Å². The Morgan fingerprint density at radius 1 is 1.04 bits per heavy atom. The summed E-state index contributed by atoms with van der Waals surface area (Å²) in [7, 11) is 3.09. The van der Waals surface area contributed by atoms with E-state index in [1.54, 1.807) is 35.1 Å². The second-order valence-electron chi connectivity index (χ2n) is 7.53. The van der Waals surface area contributed by atoms with Gasteiger partial charge in [-0.3, -0.25) is 9.59 Å². The first kappa shape index (κ1) is 20.0. The van der Waals surface area contributed by atoms with E-state index in [1.807, 2.05) is 20.8 Å². The van der Waals surface area contributed by atoms with Crippen molar-refractivity contribution in [3.8, 4) is 11.5 Å². The lowest BCUT2D eigenvalue weighted by Gasteiger charge is -2.38. The predicted molar refractivity (Wildman–Crippen MR) is 99.5 cm³/mol. The van der Waals surface area contributed by atoms with Gasteiger partial charge in [0.2, 0.25) is 5.91 Å². The van der Waals surface area contributed by atoms with Gasteiger partial charge >= 0.3 is 0 Å². The molecule has 2 amide bonds. The first-order valence-electron chi connectivity index (χ1n) is 8.74. The monoisotopic (exact) mass is 363 g/mol. The molecule has 1 atom stereocenters. The SMILES string of the molecule is COc1ccc(C(=O)N2CCN(C(=O)[C@@H](N)C(C)(C)C)CC2)c(OC)c1.